The van der Waals surface area contributed by atoms with E-state index in [1.165, 1.54) is 12.1 Å². The molecule has 0 radical (unpaired) electrons. The predicted molar refractivity (Wildman–Crippen MR) is 91.5 cm³/mol. The highest BCUT2D eigenvalue weighted by atomic mass is 16.3. The van der Waals surface area contributed by atoms with Crippen LogP contribution in [0, 0.1) is 0 Å². The van der Waals surface area contributed by atoms with Crippen LogP contribution in [0.2, 0.25) is 0 Å². The molecule has 0 saturated carbocycles. The molecule has 3 rings (SSSR count). The molecule has 0 fully saturated rings. The number of fused-ring (bicyclic) bond motifs is 1. The van der Waals surface area contributed by atoms with E-state index in [-0.39, 0.29) is 17.2 Å². The minimum Gasteiger partial charge on any atom is -0.507 e. The third-order valence-corrected chi connectivity index (χ3v) is 3.74. The van der Waals surface area contributed by atoms with Gasteiger partial charge in [-0.05, 0) is 41.0 Å². The molecule has 0 amide bonds. The monoisotopic (exact) mass is 307 g/mol. The maximum atomic E-state index is 10.0. The third-order valence-electron chi connectivity index (χ3n) is 3.74. The lowest BCUT2D eigenvalue weighted by Gasteiger charge is -2.05. The molecule has 3 aromatic carbocycles. The average molecular weight is 307 g/mol. The van der Waals surface area contributed by atoms with Crippen LogP contribution >= 0.6 is 0 Å². The molecule has 4 heteroatoms. The van der Waals surface area contributed by atoms with Gasteiger partial charge in [-0.25, -0.2) is 0 Å². The molecule has 23 heavy (non-hydrogen) atoms. The highest BCUT2D eigenvalue weighted by molar-refractivity contribution is 6.02. The molecular formula is C19H17NO3. The van der Waals surface area contributed by atoms with E-state index < -0.39 is 0 Å². The average Bonchev–Trinajstić information content (AvgIpc) is 2.56. The molecule has 0 spiro atoms. The Morgan fingerprint density at radius 3 is 2.43 bits per heavy atom. The van der Waals surface area contributed by atoms with Crippen LogP contribution in [0.3, 0.4) is 0 Å². The van der Waals surface area contributed by atoms with Crippen LogP contribution in [0.25, 0.3) is 10.8 Å². The van der Waals surface area contributed by atoms with Gasteiger partial charge in [0.1, 0.15) is 5.75 Å². The Kier molecular flexibility index (Phi) is 4.15. The summed E-state index contributed by atoms with van der Waals surface area (Å²) in [6.45, 7) is 0.521. The third kappa shape index (κ3) is 3.26. The number of rotatable bonds is 4. The van der Waals surface area contributed by atoms with Crippen molar-refractivity contribution in [1.29, 1.82) is 0 Å². The summed E-state index contributed by atoms with van der Waals surface area (Å²) in [6.07, 6.45) is 2.31. The van der Waals surface area contributed by atoms with E-state index in [0.29, 0.717) is 18.5 Å². The standard InChI is InChI=1S/C19H17NO3/c21-17-8-6-14-3-1-2-4-15(14)16(17)12-20-10-9-13-5-7-18(22)19(23)11-13/h1-8,11-12,21-23H,9-10H2. The second-order valence-electron chi connectivity index (χ2n) is 5.33. The maximum absolute atomic E-state index is 10.0. The van der Waals surface area contributed by atoms with Crippen molar-refractivity contribution in [2.24, 2.45) is 4.99 Å². The summed E-state index contributed by atoms with van der Waals surface area (Å²) in [6, 6.07) is 16.1. The number of hydrogen-bond acceptors (Lipinski definition) is 4. The molecule has 3 N–H and O–H groups in total. The number of nitrogens with zero attached hydrogens (tertiary/aromatic N) is 1. The minimum atomic E-state index is -0.127. The number of phenols is 3. The first kappa shape index (κ1) is 14.9. The van der Waals surface area contributed by atoms with E-state index in [1.807, 2.05) is 30.3 Å². The summed E-state index contributed by atoms with van der Waals surface area (Å²) in [5, 5.41) is 30.8. The number of hydrogen-bond donors (Lipinski definition) is 3. The predicted octanol–water partition coefficient (Wildman–Crippen LogP) is 3.62. The van der Waals surface area contributed by atoms with Crippen molar-refractivity contribution in [3.63, 3.8) is 0 Å². The van der Waals surface area contributed by atoms with Crippen molar-refractivity contribution in [3.8, 4) is 17.2 Å². The Morgan fingerprint density at radius 2 is 1.61 bits per heavy atom. The number of benzene rings is 3. The molecule has 3 aromatic rings. The molecule has 0 aliphatic heterocycles. The largest absolute Gasteiger partial charge is 0.507 e. The first-order chi connectivity index (χ1) is 11.1. The van der Waals surface area contributed by atoms with E-state index in [0.717, 1.165) is 16.3 Å². The number of aromatic hydroxyl groups is 3. The lowest BCUT2D eigenvalue weighted by Crippen LogP contribution is -1.92. The Bertz CT molecular complexity index is 872. The first-order valence-electron chi connectivity index (χ1n) is 7.36. The lowest BCUT2D eigenvalue weighted by atomic mass is 10.0. The molecule has 0 saturated heterocycles. The van der Waals surface area contributed by atoms with Gasteiger partial charge in [0.2, 0.25) is 0 Å². The fraction of sp³-hybridized carbons (Fsp3) is 0.105. The van der Waals surface area contributed by atoms with Gasteiger partial charge in [0.05, 0.1) is 0 Å². The van der Waals surface area contributed by atoms with Crippen LogP contribution in [0.4, 0.5) is 0 Å². The highest BCUT2D eigenvalue weighted by Gasteiger charge is 2.04. The quantitative estimate of drug-likeness (QED) is 0.509. The van der Waals surface area contributed by atoms with Gasteiger partial charge in [-0.1, -0.05) is 36.4 Å². The zero-order valence-electron chi connectivity index (χ0n) is 12.5. The van der Waals surface area contributed by atoms with Crippen molar-refractivity contribution in [1.82, 2.24) is 0 Å². The summed E-state index contributed by atoms with van der Waals surface area (Å²) >= 11 is 0. The maximum Gasteiger partial charge on any atom is 0.157 e. The smallest absolute Gasteiger partial charge is 0.157 e. The van der Waals surface area contributed by atoms with Crippen LogP contribution in [0.5, 0.6) is 17.2 Å². The molecule has 0 atom stereocenters. The SMILES string of the molecule is Oc1ccc(CCN=Cc2c(O)ccc3ccccc23)cc1O. The molecule has 0 unspecified atom stereocenters. The fourth-order valence-electron chi connectivity index (χ4n) is 2.49. The van der Waals surface area contributed by atoms with E-state index in [4.69, 9.17) is 0 Å². The van der Waals surface area contributed by atoms with Crippen molar-refractivity contribution in [3.05, 3.63) is 65.7 Å². The molecule has 0 aliphatic carbocycles. The second-order valence-corrected chi connectivity index (χ2v) is 5.33. The van der Waals surface area contributed by atoms with Gasteiger partial charge in [-0.2, -0.15) is 0 Å². The Balaban J connectivity index is 1.75. The van der Waals surface area contributed by atoms with Crippen molar-refractivity contribution >= 4 is 17.0 Å². The second kappa shape index (κ2) is 6.40. The normalized spacial score (nSPS) is 11.3. The van der Waals surface area contributed by atoms with Gasteiger partial charge in [-0.3, -0.25) is 4.99 Å². The fourth-order valence-corrected chi connectivity index (χ4v) is 2.49. The Hall–Kier alpha value is -3.01. The number of aliphatic imine (C=N–C) groups is 1. The molecule has 116 valence electrons. The van der Waals surface area contributed by atoms with Crippen LogP contribution < -0.4 is 0 Å². The van der Waals surface area contributed by atoms with Gasteiger partial charge in [-0.15, -0.1) is 0 Å². The molecule has 0 aromatic heterocycles. The van der Waals surface area contributed by atoms with E-state index >= 15 is 0 Å². The summed E-state index contributed by atoms with van der Waals surface area (Å²) in [5.74, 6) is -0.0502. The molecule has 0 bridgehead atoms. The summed E-state index contributed by atoms with van der Waals surface area (Å²) < 4.78 is 0. The van der Waals surface area contributed by atoms with Gasteiger partial charge in [0.25, 0.3) is 0 Å². The van der Waals surface area contributed by atoms with Crippen LogP contribution in [-0.2, 0) is 6.42 Å². The Labute approximate surface area is 134 Å². The van der Waals surface area contributed by atoms with E-state index in [9.17, 15) is 15.3 Å². The Morgan fingerprint density at radius 1 is 0.826 bits per heavy atom. The van der Waals surface area contributed by atoms with E-state index in [2.05, 4.69) is 4.99 Å². The summed E-state index contributed by atoms with van der Waals surface area (Å²) in [5.41, 5.74) is 1.59. The molecule has 4 nitrogen and oxygen atoms in total. The van der Waals surface area contributed by atoms with Crippen LogP contribution in [-0.4, -0.2) is 28.1 Å². The van der Waals surface area contributed by atoms with E-state index in [1.54, 1.807) is 18.3 Å². The topological polar surface area (TPSA) is 73.1 Å². The van der Waals surface area contributed by atoms with Gasteiger partial charge in [0, 0.05) is 18.3 Å². The summed E-state index contributed by atoms with van der Waals surface area (Å²) in [4.78, 5) is 4.37. The van der Waals surface area contributed by atoms with Crippen LogP contribution in [0.15, 0.2) is 59.6 Å². The zero-order valence-corrected chi connectivity index (χ0v) is 12.5. The molecule has 0 heterocycles. The molecular weight excluding hydrogens is 290 g/mol. The first-order valence-corrected chi connectivity index (χ1v) is 7.36. The molecule has 0 aliphatic rings. The van der Waals surface area contributed by atoms with Gasteiger partial charge >= 0.3 is 0 Å². The zero-order chi connectivity index (χ0) is 16.2. The summed E-state index contributed by atoms with van der Waals surface area (Å²) in [7, 11) is 0. The van der Waals surface area contributed by atoms with Crippen molar-refractivity contribution in [2.45, 2.75) is 6.42 Å². The van der Waals surface area contributed by atoms with Crippen molar-refractivity contribution < 1.29 is 15.3 Å². The van der Waals surface area contributed by atoms with Gasteiger partial charge < -0.3 is 15.3 Å². The van der Waals surface area contributed by atoms with Crippen molar-refractivity contribution in [2.75, 3.05) is 6.54 Å². The number of phenolic OH excluding ortho intramolecular Hbond substituents is 3. The van der Waals surface area contributed by atoms with Gasteiger partial charge in [0.15, 0.2) is 11.5 Å². The minimum absolute atomic E-state index is 0.127. The van der Waals surface area contributed by atoms with Crippen LogP contribution in [0.1, 0.15) is 11.1 Å². The highest BCUT2D eigenvalue weighted by Crippen LogP contribution is 2.26. The lowest BCUT2D eigenvalue weighted by molar-refractivity contribution is 0.403.